The maximum absolute atomic E-state index is 14.8. The number of aliphatic hydroxyl groups is 1. The molecule has 290 valence electrons. The fraction of sp³-hybridized carbons (Fsp3) is 0.409. The van der Waals surface area contributed by atoms with Gasteiger partial charge in [-0.2, -0.15) is 0 Å². The smallest absolute Gasteiger partial charge is 0.324 e. The molecule has 0 saturated heterocycles. The zero-order valence-electron chi connectivity index (χ0n) is 32.5. The number of hydrogen-bond donors (Lipinski definition) is 5. The summed E-state index contributed by atoms with van der Waals surface area (Å²) < 4.78 is 16.4. The van der Waals surface area contributed by atoms with E-state index in [0.717, 1.165) is 16.7 Å². The first kappa shape index (κ1) is 42.0. The van der Waals surface area contributed by atoms with Crippen molar-refractivity contribution in [3.63, 3.8) is 0 Å². The summed E-state index contributed by atoms with van der Waals surface area (Å²) in [5.41, 5.74) is 2.67. The van der Waals surface area contributed by atoms with Crippen molar-refractivity contribution >= 4 is 11.8 Å². The van der Waals surface area contributed by atoms with Crippen molar-refractivity contribution in [2.45, 2.75) is 91.0 Å². The Bertz CT molecular complexity index is 1740. The second-order valence-corrected chi connectivity index (χ2v) is 15.1. The van der Waals surface area contributed by atoms with E-state index < -0.39 is 41.7 Å². The Labute approximate surface area is 320 Å². The van der Waals surface area contributed by atoms with Crippen molar-refractivity contribution in [2.75, 3.05) is 14.2 Å². The molecule has 0 spiro atoms. The number of carbonyl (C=O) groups excluding carboxylic acids is 2. The lowest BCUT2D eigenvalue weighted by atomic mass is 9.83. The number of esters is 1. The van der Waals surface area contributed by atoms with Crippen LogP contribution in [0.15, 0.2) is 103 Å². The molecule has 0 aromatic heterocycles. The molecule has 0 amide bonds. The number of benzene rings is 4. The SMILES string of the molecule is COc1ccc(CN[C@@H](C(=O)[C@H](NCc2ccc(OC)cc2O)C(C)C)[C@H](O)[C@H](Cc2ccccc2)N[C@@H](C(=O)OCc2ccccc2)C(C)(C)C)cc1. The van der Waals surface area contributed by atoms with E-state index >= 15 is 0 Å². The number of nitrogens with one attached hydrogen (secondary N) is 3. The van der Waals surface area contributed by atoms with Gasteiger partial charge in [-0.1, -0.05) is 113 Å². The van der Waals surface area contributed by atoms with E-state index in [1.165, 1.54) is 13.2 Å². The summed E-state index contributed by atoms with van der Waals surface area (Å²) >= 11 is 0. The second-order valence-electron chi connectivity index (χ2n) is 15.1. The summed E-state index contributed by atoms with van der Waals surface area (Å²) in [6.45, 7) is 10.3. The zero-order chi connectivity index (χ0) is 39.3. The van der Waals surface area contributed by atoms with E-state index in [2.05, 4.69) is 16.0 Å². The molecule has 4 aromatic rings. The molecule has 0 saturated carbocycles. The van der Waals surface area contributed by atoms with Gasteiger partial charge >= 0.3 is 5.97 Å². The van der Waals surface area contributed by atoms with Crippen LogP contribution in [0.2, 0.25) is 0 Å². The number of Topliss-reactive ketones (excluding diaryl/α,β-unsaturated/α-hetero) is 1. The summed E-state index contributed by atoms with van der Waals surface area (Å²) in [4.78, 5) is 28.6. The van der Waals surface area contributed by atoms with Crippen molar-refractivity contribution in [1.82, 2.24) is 16.0 Å². The van der Waals surface area contributed by atoms with Gasteiger partial charge in [0.05, 0.1) is 32.4 Å². The Morgan fingerprint density at radius 2 is 1.30 bits per heavy atom. The number of aromatic hydroxyl groups is 1. The van der Waals surface area contributed by atoms with Crippen LogP contribution in [0, 0.1) is 11.3 Å². The number of methoxy groups -OCH3 is 2. The van der Waals surface area contributed by atoms with Crippen LogP contribution in [0.1, 0.15) is 56.9 Å². The molecule has 0 aliphatic heterocycles. The van der Waals surface area contributed by atoms with Gasteiger partial charge in [-0.25, -0.2) is 0 Å². The van der Waals surface area contributed by atoms with Gasteiger partial charge in [0.25, 0.3) is 0 Å². The average Bonchev–Trinajstić information content (AvgIpc) is 3.16. The van der Waals surface area contributed by atoms with Gasteiger partial charge < -0.3 is 35.1 Å². The van der Waals surface area contributed by atoms with Crippen molar-refractivity contribution in [2.24, 2.45) is 11.3 Å². The van der Waals surface area contributed by atoms with Gasteiger partial charge in [0.2, 0.25) is 0 Å². The van der Waals surface area contributed by atoms with E-state index in [9.17, 15) is 19.8 Å². The van der Waals surface area contributed by atoms with Crippen molar-refractivity contribution in [1.29, 1.82) is 0 Å². The highest BCUT2D eigenvalue weighted by molar-refractivity contribution is 5.90. The highest BCUT2D eigenvalue weighted by Gasteiger charge is 2.41. The standard InChI is InChI=1S/C44H57N3O7/c1-29(2)38(46-27-33-20-23-35(53-7)25-37(33)48)41(50)39(45-26-31-18-21-34(52-6)22-19-31)40(49)36(24-30-14-10-8-11-15-30)47-42(44(3,4)5)43(51)54-28-32-16-12-9-13-17-32/h8-23,25,29,36,38-40,42,45-49H,24,26-28H2,1-7H3/t36-,38+,39+,40+,42-/m0/s1. The second kappa shape index (κ2) is 20.1. The number of hydrogen-bond acceptors (Lipinski definition) is 10. The molecular formula is C44H57N3O7. The lowest BCUT2D eigenvalue weighted by molar-refractivity contribution is -0.151. The minimum absolute atomic E-state index is 0.0468. The summed E-state index contributed by atoms with van der Waals surface area (Å²) in [5.74, 6) is 0.395. The molecule has 0 fully saturated rings. The predicted molar refractivity (Wildman–Crippen MR) is 211 cm³/mol. The van der Waals surface area contributed by atoms with Crippen molar-refractivity contribution in [3.8, 4) is 17.2 Å². The van der Waals surface area contributed by atoms with Gasteiger partial charge in [0.1, 0.15) is 29.9 Å². The van der Waals surface area contributed by atoms with Crippen LogP contribution in [-0.4, -0.2) is 66.5 Å². The van der Waals surface area contributed by atoms with Gasteiger partial charge in [-0.05, 0) is 52.6 Å². The molecule has 5 N–H and O–H groups in total. The number of rotatable bonds is 20. The first-order valence-corrected chi connectivity index (χ1v) is 18.5. The summed E-state index contributed by atoms with van der Waals surface area (Å²) in [6, 6.07) is 28.4. The molecule has 10 nitrogen and oxygen atoms in total. The van der Waals surface area contributed by atoms with Gasteiger partial charge in [-0.15, -0.1) is 0 Å². The Kier molecular flexibility index (Phi) is 15.6. The van der Waals surface area contributed by atoms with E-state index in [-0.39, 0.29) is 37.1 Å². The van der Waals surface area contributed by atoms with Crippen LogP contribution in [0.25, 0.3) is 0 Å². The molecule has 0 unspecified atom stereocenters. The van der Waals surface area contributed by atoms with Crippen molar-refractivity contribution < 1.29 is 34.0 Å². The first-order valence-electron chi connectivity index (χ1n) is 18.5. The monoisotopic (exact) mass is 739 g/mol. The van der Waals surface area contributed by atoms with Crippen LogP contribution in [0.3, 0.4) is 0 Å². The Balaban J connectivity index is 1.68. The third-order valence-electron chi connectivity index (χ3n) is 9.53. The zero-order valence-corrected chi connectivity index (χ0v) is 32.5. The van der Waals surface area contributed by atoms with Crippen LogP contribution in [0.5, 0.6) is 17.2 Å². The predicted octanol–water partition coefficient (Wildman–Crippen LogP) is 5.97. The Morgan fingerprint density at radius 1 is 0.722 bits per heavy atom. The van der Waals surface area contributed by atoms with Crippen LogP contribution in [-0.2, 0) is 40.4 Å². The summed E-state index contributed by atoms with van der Waals surface area (Å²) in [6.07, 6.45) is -0.964. The first-order chi connectivity index (χ1) is 25.8. The number of phenolic OH excluding ortho intramolecular Hbond substituents is 1. The highest BCUT2D eigenvalue weighted by Crippen LogP contribution is 2.26. The number of ketones is 1. The Hall–Kier alpha value is -4.74. The van der Waals surface area contributed by atoms with Gasteiger partial charge in [0.15, 0.2) is 5.78 Å². The highest BCUT2D eigenvalue weighted by atomic mass is 16.5. The lowest BCUT2D eigenvalue weighted by Crippen LogP contribution is -2.63. The number of aliphatic hydroxyl groups excluding tert-OH is 1. The molecule has 4 aromatic carbocycles. The largest absolute Gasteiger partial charge is 0.507 e. The van der Waals surface area contributed by atoms with E-state index in [1.807, 2.05) is 120 Å². The lowest BCUT2D eigenvalue weighted by Gasteiger charge is -2.38. The fourth-order valence-corrected chi connectivity index (χ4v) is 6.34. The van der Waals surface area contributed by atoms with Crippen molar-refractivity contribution in [3.05, 3.63) is 125 Å². The molecule has 0 aliphatic carbocycles. The Morgan fingerprint density at radius 3 is 1.85 bits per heavy atom. The molecule has 0 bridgehead atoms. The third kappa shape index (κ3) is 12.1. The van der Waals surface area contributed by atoms with Crippen LogP contribution < -0.4 is 25.4 Å². The molecule has 0 aliphatic rings. The quantitative estimate of drug-likeness (QED) is 0.0690. The summed E-state index contributed by atoms with van der Waals surface area (Å²) in [5, 5.41) is 33.3. The molecule has 5 atom stereocenters. The summed E-state index contributed by atoms with van der Waals surface area (Å²) in [7, 11) is 3.13. The third-order valence-corrected chi connectivity index (χ3v) is 9.53. The van der Waals surface area contributed by atoms with Gasteiger partial charge in [-0.3, -0.25) is 14.9 Å². The molecule has 54 heavy (non-hydrogen) atoms. The molecule has 4 rings (SSSR count). The molecule has 0 heterocycles. The normalized spacial score (nSPS) is 14.5. The molecule has 0 radical (unpaired) electrons. The van der Waals surface area contributed by atoms with E-state index in [1.54, 1.807) is 19.2 Å². The van der Waals surface area contributed by atoms with E-state index in [0.29, 0.717) is 23.5 Å². The maximum atomic E-state index is 14.8. The number of carbonyl (C=O) groups is 2. The minimum Gasteiger partial charge on any atom is -0.507 e. The number of ether oxygens (including phenoxy) is 3. The minimum atomic E-state index is -1.29. The van der Waals surface area contributed by atoms with Crippen LogP contribution in [0.4, 0.5) is 0 Å². The molecular weight excluding hydrogens is 682 g/mol. The fourth-order valence-electron chi connectivity index (χ4n) is 6.34. The topological polar surface area (TPSA) is 138 Å². The van der Waals surface area contributed by atoms with Gasteiger partial charge in [0, 0.05) is 30.8 Å². The average molecular weight is 740 g/mol. The van der Waals surface area contributed by atoms with E-state index in [4.69, 9.17) is 14.2 Å². The number of phenols is 1. The molecule has 10 heteroatoms. The maximum Gasteiger partial charge on any atom is 0.324 e. The van der Waals surface area contributed by atoms with Crippen LogP contribution >= 0.6 is 0 Å².